The third-order valence-corrected chi connectivity index (χ3v) is 7.88. The summed E-state index contributed by atoms with van der Waals surface area (Å²) in [6.07, 6.45) is 0. The number of nitrogens with one attached hydrogen (secondary N) is 4. The Morgan fingerprint density at radius 1 is 0.857 bits per heavy atom. The summed E-state index contributed by atoms with van der Waals surface area (Å²) in [7, 11) is 0. The van der Waals surface area contributed by atoms with Gasteiger partial charge < -0.3 is 16.4 Å². The molecule has 2 aromatic carbocycles. The molecule has 0 aliphatic carbocycles. The molecule has 226 valence electrons. The zero-order chi connectivity index (χ0) is 31.0. The molecular formula is C28H38N8O4S2. The number of carbonyl (C=O) groups excluding carboxylic acids is 2. The van der Waals surface area contributed by atoms with Crippen molar-refractivity contribution in [2.75, 3.05) is 29.5 Å². The first-order valence-electron chi connectivity index (χ1n) is 13.6. The van der Waals surface area contributed by atoms with Gasteiger partial charge in [0.2, 0.25) is 0 Å². The molecule has 2 atom stereocenters. The highest BCUT2D eigenvalue weighted by molar-refractivity contribution is 8.15. The molecule has 2 unspecified atom stereocenters. The lowest BCUT2D eigenvalue weighted by atomic mass is 10.1. The van der Waals surface area contributed by atoms with Gasteiger partial charge in [-0.25, -0.2) is 10.9 Å². The maximum Gasteiger partial charge on any atom is 0.299 e. The second-order valence-electron chi connectivity index (χ2n) is 10.7. The molecule has 2 heterocycles. The summed E-state index contributed by atoms with van der Waals surface area (Å²) in [4.78, 5) is 33.4. The summed E-state index contributed by atoms with van der Waals surface area (Å²) in [5.74, 6) is 0.942. The number of thioether (sulfide) groups is 2. The molecule has 0 radical (unpaired) electrons. The van der Waals surface area contributed by atoms with E-state index in [4.69, 9.17) is 5.73 Å². The third kappa shape index (κ3) is 9.11. The number of nitrogens with two attached hydrogens (primary N) is 1. The van der Waals surface area contributed by atoms with Crippen LogP contribution in [0.15, 0.2) is 46.6 Å². The van der Waals surface area contributed by atoms with Crippen LogP contribution in [0.2, 0.25) is 0 Å². The van der Waals surface area contributed by atoms with E-state index in [-0.39, 0.29) is 26.7 Å². The van der Waals surface area contributed by atoms with Crippen LogP contribution in [0, 0.1) is 22.0 Å². The summed E-state index contributed by atoms with van der Waals surface area (Å²) >= 11 is 2.34. The molecule has 2 aromatic rings. The minimum atomic E-state index is -0.411. The molecule has 0 aromatic heterocycles. The Morgan fingerprint density at radius 3 is 1.74 bits per heavy atom. The van der Waals surface area contributed by atoms with Crippen LogP contribution in [-0.4, -0.2) is 50.4 Å². The number of hydrogen-bond donors (Lipinski definition) is 5. The number of benzene rings is 2. The Hall–Kier alpha value is -3.78. The number of amides is 2. The van der Waals surface area contributed by atoms with Gasteiger partial charge in [-0.3, -0.25) is 19.7 Å². The Bertz CT molecular complexity index is 1380. The average molecular weight is 615 g/mol. The summed E-state index contributed by atoms with van der Waals surface area (Å²) in [5.41, 5.74) is 16.1. The average Bonchev–Trinajstić information content (AvgIpc) is 2.91. The summed E-state index contributed by atoms with van der Waals surface area (Å²) in [6.45, 7) is 13.7. The molecule has 0 saturated carbocycles. The molecule has 2 aliphatic heterocycles. The highest BCUT2D eigenvalue weighted by Gasteiger charge is 2.25. The SMILES string of the molecule is CC(C)CNc1ccc(C2=NNC(=O)SC2C)cc1N.CC(C)CNc1ccc(C2=NNC(=O)SC2C)cc1[N+](=O)[O-]. The van der Waals surface area contributed by atoms with Crippen LogP contribution in [0.5, 0.6) is 0 Å². The van der Waals surface area contributed by atoms with Crippen LogP contribution in [0.4, 0.5) is 32.3 Å². The largest absolute Gasteiger partial charge is 0.397 e. The number of nitro benzene ring substituents is 1. The number of nitrogen functional groups attached to an aromatic ring is 1. The second kappa shape index (κ2) is 14.9. The van der Waals surface area contributed by atoms with Gasteiger partial charge in [0.05, 0.1) is 38.2 Å². The lowest BCUT2D eigenvalue weighted by Gasteiger charge is -2.19. The van der Waals surface area contributed by atoms with Gasteiger partial charge in [-0.05, 0) is 43.9 Å². The number of hydrazone groups is 2. The van der Waals surface area contributed by atoms with Crippen LogP contribution in [0.1, 0.15) is 52.7 Å². The van der Waals surface area contributed by atoms with E-state index in [2.05, 4.69) is 45.5 Å². The highest BCUT2D eigenvalue weighted by Crippen LogP contribution is 2.29. The van der Waals surface area contributed by atoms with Crippen LogP contribution in [-0.2, 0) is 0 Å². The van der Waals surface area contributed by atoms with E-state index in [0.29, 0.717) is 41.0 Å². The molecule has 12 nitrogen and oxygen atoms in total. The van der Waals surface area contributed by atoms with Crippen LogP contribution in [0.25, 0.3) is 0 Å². The van der Waals surface area contributed by atoms with E-state index in [1.807, 2.05) is 45.9 Å². The minimum absolute atomic E-state index is 0.00921. The Labute approximate surface area is 254 Å². The zero-order valence-electron chi connectivity index (χ0n) is 24.6. The van der Waals surface area contributed by atoms with Crippen molar-refractivity contribution in [2.24, 2.45) is 22.0 Å². The van der Waals surface area contributed by atoms with Gasteiger partial charge in [0, 0.05) is 30.3 Å². The first-order chi connectivity index (χ1) is 19.8. The second-order valence-corrected chi connectivity index (χ2v) is 13.3. The molecule has 14 heteroatoms. The zero-order valence-corrected chi connectivity index (χ0v) is 26.2. The molecule has 0 saturated heterocycles. The Morgan fingerprint density at radius 2 is 1.31 bits per heavy atom. The van der Waals surface area contributed by atoms with Crippen LogP contribution in [0.3, 0.4) is 0 Å². The fourth-order valence-corrected chi connectivity index (χ4v) is 5.42. The number of anilines is 3. The third-order valence-electron chi connectivity index (χ3n) is 6.11. The molecule has 4 rings (SSSR count). The van der Waals surface area contributed by atoms with Gasteiger partial charge in [-0.2, -0.15) is 10.2 Å². The molecule has 42 heavy (non-hydrogen) atoms. The normalized spacial score (nSPS) is 18.3. The summed E-state index contributed by atoms with van der Waals surface area (Å²) in [5, 5.41) is 25.4. The maximum atomic E-state index is 11.3. The molecular weight excluding hydrogens is 576 g/mol. The van der Waals surface area contributed by atoms with Crippen molar-refractivity contribution in [1.82, 2.24) is 10.9 Å². The standard InChI is InChI=1S/C14H18N4O3S.C14H20N4OS/c1-8(2)7-15-11-5-4-10(6-12(11)18(20)21)13-9(3)22-14(19)17-16-13;1-8(2)7-16-12-5-4-10(6-11(12)15)13-9(3)20-14(19)18-17-13/h4-6,8-9,15H,7H2,1-3H3,(H,17,19);4-6,8-9,16H,7,15H2,1-3H3,(H,18,19). The molecule has 0 spiro atoms. The molecule has 2 amide bonds. The van der Waals surface area contributed by atoms with Gasteiger partial charge >= 0.3 is 0 Å². The van der Waals surface area contributed by atoms with E-state index in [9.17, 15) is 19.7 Å². The van der Waals surface area contributed by atoms with Gasteiger partial charge in [0.1, 0.15) is 5.69 Å². The number of rotatable bonds is 9. The first-order valence-corrected chi connectivity index (χ1v) is 15.4. The lowest BCUT2D eigenvalue weighted by Crippen LogP contribution is -2.29. The topological polar surface area (TPSA) is 176 Å². The number of nitrogens with zero attached hydrogens (tertiary/aromatic N) is 3. The van der Waals surface area contributed by atoms with Crippen LogP contribution >= 0.6 is 23.5 Å². The fourth-order valence-electron chi connectivity index (χ4n) is 3.98. The van der Waals surface area contributed by atoms with Crippen molar-refractivity contribution in [2.45, 2.75) is 52.0 Å². The molecule has 6 N–H and O–H groups in total. The maximum absolute atomic E-state index is 11.3. The quantitative estimate of drug-likeness (QED) is 0.127. The fraction of sp³-hybridized carbons (Fsp3) is 0.429. The van der Waals surface area contributed by atoms with Crippen molar-refractivity contribution in [3.8, 4) is 0 Å². The predicted octanol–water partition coefficient (Wildman–Crippen LogP) is 6.10. The van der Waals surface area contributed by atoms with E-state index < -0.39 is 4.92 Å². The van der Waals surface area contributed by atoms with Crippen molar-refractivity contribution < 1.29 is 14.5 Å². The number of carbonyl (C=O) groups is 2. The number of nitro groups is 1. The molecule has 2 aliphatic rings. The van der Waals surface area contributed by atoms with Crippen molar-refractivity contribution in [3.05, 3.63) is 57.6 Å². The van der Waals surface area contributed by atoms with E-state index in [0.717, 1.165) is 35.3 Å². The van der Waals surface area contributed by atoms with E-state index >= 15 is 0 Å². The Balaban J connectivity index is 0.000000231. The smallest absolute Gasteiger partial charge is 0.299 e. The monoisotopic (exact) mass is 614 g/mol. The predicted molar refractivity (Wildman–Crippen MR) is 175 cm³/mol. The lowest BCUT2D eigenvalue weighted by molar-refractivity contribution is -0.384. The Kier molecular flexibility index (Phi) is 11.6. The van der Waals surface area contributed by atoms with Crippen molar-refractivity contribution in [1.29, 1.82) is 0 Å². The van der Waals surface area contributed by atoms with Gasteiger partial charge in [0.15, 0.2) is 0 Å². The minimum Gasteiger partial charge on any atom is -0.397 e. The van der Waals surface area contributed by atoms with E-state index in [1.54, 1.807) is 12.1 Å². The van der Waals surface area contributed by atoms with Crippen molar-refractivity contribution in [3.63, 3.8) is 0 Å². The summed E-state index contributed by atoms with van der Waals surface area (Å²) < 4.78 is 0. The van der Waals surface area contributed by atoms with Gasteiger partial charge in [-0.15, -0.1) is 0 Å². The van der Waals surface area contributed by atoms with Gasteiger partial charge in [-0.1, -0.05) is 63.4 Å². The van der Waals surface area contributed by atoms with Gasteiger partial charge in [0.25, 0.3) is 16.2 Å². The molecule has 0 fully saturated rings. The molecule has 0 bridgehead atoms. The van der Waals surface area contributed by atoms with Crippen molar-refractivity contribution >= 4 is 68.2 Å². The van der Waals surface area contributed by atoms with Crippen LogP contribution < -0.4 is 27.2 Å². The highest BCUT2D eigenvalue weighted by atomic mass is 32.2. The van der Waals surface area contributed by atoms with E-state index in [1.165, 1.54) is 17.8 Å². The number of hydrogen-bond acceptors (Lipinski definition) is 11. The summed E-state index contributed by atoms with van der Waals surface area (Å²) in [6, 6.07) is 10.8. The first kappa shape index (κ1) is 32.7.